The van der Waals surface area contributed by atoms with Gasteiger partial charge in [-0.2, -0.15) is 0 Å². The summed E-state index contributed by atoms with van der Waals surface area (Å²) in [4.78, 5) is 19.6. The van der Waals surface area contributed by atoms with Gasteiger partial charge in [0.15, 0.2) is 0 Å². The van der Waals surface area contributed by atoms with Crippen molar-refractivity contribution < 1.29 is 19.4 Å². The number of hydrogen-bond donors (Lipinski definition) is 1. The molecular formula is C13H16Cl2O4. The number of esters is 1. The molecule has 19 heavy (non-hydrogen) atoms. The van der Waals surface area contributed by atoms with Gasteiger partial charge in [0.1, 0.15) is 11.3 Å². The zero-order valence-electron chi connectivity index (χ0n) is 10.7. The average molecular weight is 307 g/mol. The minimum Gasteiger partial charge on any atom is -0.481 e. The quantitative estimate of drug-likeness (QED) is 0.525. The van der Waals surface area contributed by atoms with Crippen LogP contribution < -0.4 is 0 Å². The van der Waals surface area contributed by atoms with Crippen LogP contribution in [0.3, 0.4) is 0 Å². The fourth-order valence-electron chi connectivity index (χ4n) is 1.05. The van der Waals surface area contributed by atoms with Crippen LogP contribution in [0.2, 0.25) is 0 Å². The third-order valence-corrected chi connectivity index (χ3v) is 2.43. The zero-order chi connectivity index (χ0) is 14.8. The molecule has 0 amide bonds. The Kier molecular flexibility index (Phi) is 9.00. The first-order valence-electron chi connectivity index (χ1n) is 5.59. The van der Waals surface area contributed by atoms with Gasteiger partial charge < -0.3 is 9.84 Å². The summed E-state index contributed by atoms with van der Waals surface area (Å²) in [5.74, 6) is -1.85. The summed E-state index contributed by atoms with van der Waals surface area (Å²) >= 11 is 11.2. The van der Waals surface area contributed by atoms with E-state index in [2.05, 4.69) is 4.74 Å². The predicted octanol–water partition coefficient (Wildman–Crippen LogP) is 3.50. The SMILES string of the molecule is CCOC(=O)CC(=O)O.Cc1ccc(C(Cl)Cl)cc1. The zero-order valence-corrected chi connectivity index (χ0v) is 12.2. The van der Waals surface area contributed by atoms with Crippen LogP contribution in [0.4, 0.5) is 0 Å². The summed E-state index contributed by atoms with van der Waals surface area (Å²) in [6, 6.07) is 7.85. The first kappa shape index (κ1) is 17.7. The summed E-state index contributed by atoms with van der Waals surface area (Å²) in [5.41, 5.74) is 2.17. The molecule has 0 aliphatic rings. The fraction of sp³-hybridized carbons (Fsp3) is 0.385. The van der Waals surface area contributed by atoms with E-state index in [1.54, 1.807) is 6.92 Å². The summed E-state index contributed by atoms with van der Waals surface area (Å²) < 4.78 is 4.33. The molecule has 0 aliphatic carbocycles. The molecule has 1 aromatic carbocycles. The van der Waals surface area contributed by atoms with Crippen molar-refractivity contribution in [2.45, 2.75) is 25.1 Å². The Labute approximate surface area is 122 Å². The van der Waals surface area contributed by atoms with Crippen molar-refractivity contribution >= 4 is 35.1 Å². The number of hydrogen-bond acceptors (Lipinski definition) is 3. The molecule has 0 spiro atoms. The van der Waals surface area contributed by atoms with Gasteiger partial charge in [-0.15, -0.1) is 23.2 Å². The highest BCUT2D eigenvalue weighted by Gasteiger charge is 2.06. The number of carbonyl (C=O) groups is 2. The molecule has 0 atom stereocenters. The van der Waals surface area contributed by atoms with Crippen LogP contribution in [0.5, 0.6) is 0 Å². The van der Waals surface area contributed by atoms with Gasteiger partial charge in [0, 0.05) is 0 Å². The highest BCUT2D eigenvalue weighted by molar-refractivity contribution is 6.44. The summed E-state index contributed by atoms with van der Waals surface area (Å²) in [6.45, 7) is 3.88. The molecule has 0 fully saturated rings. The van der Waals surface area contributed by atoms with E-state index in [-0.39, 0.29) is 6.61 Å². The van der Waals surface area contributed by atoms with Gasteiger partial charge in [-0.25, -0.2) is 0 Å². The number of alkyl halides is 2. The predicted molar refractivity (Wildman–Crippen MR) is 74.5 cm³/mol. The molecule has 0 heterocycles. The van der Waals surface area contributed by atoms with E-state index in [1.165, 1.54) is 5.56 Å². The number of halogens is 2. The lowest BCUT2D eigenvalue weighted by molar-refractivity contribution is -0.150. The number of carboxylic acids is 1. The molecule has 0 saturated heterocycles. The van der Waals surface area contributed by atoms with Crippen molar-refractivity contribution in [2.24, 2.45) is 0 Å². The smallest absolute Gasteiger partial charge is 0.317 e. The van der Waals surface area contributed by atoms with Gasteiger partial charge in [0.2, 0.25) is 0 Å². The first-order chi connectivity index (χ1) is 8.86. The molecular weight excluding hydrogens is 291 g/mol. The molecule has 6 heteroatoms. The van der Waals surface area contributed by atoms with Crippen molar-refractivity contribution in [2.75, 3.05) is 6.61 Å². The molecule has 1 N–H and O–H groups in total. The number of benzene rings is 1. The Bertz CT molecular complexity index is 402. The third-order valence-electron chi connectivity index (χ3n) is 1.93. The van der Waals surface area contributed by atoms with Gasteiger partial charge in [-0.05, 0) is 19.4 Å². The van der Waals surface area contributed by atoms with E-state index in [1.807, 2.05) is 31.2 Å². The van der Waals surface area contributed by atoms with Crippen LogP contribution in [-0.2, 0) is 14.3 Å². The Morgan fingerprint density at radius 2 is 1.79 bits per heavy atom. The molecule has 0 aliphatic heterocycles. The molecule has 106 valence electrons. The van der Waals surface area contributed by atoms with Crippen LogP contribution in [0.1, 0.15) is 29.3 Å². The number of ether oxygens (including phenoxy) is 1. The van der Waals surface area contributed by atoms with Crippen LogP contribution >= 0.6 is 23.2 Å². The van der Waals surface area contributed by atoms with E-state index >= 15 is 0 Å². The maximum Gasteiger partial charge on any atom is 0.317 e. The van der Waals surface area contributed by atoms with Gasteiger partial charge in [0.25, 0.3) is 0 Å². The highest BCUT2D eigenvalue weighted by atomic mass is 35.5. The Hall–Kier alpha value is -1.26. The van der Waals surface area contributed by atoms with Crippen LogP contribution in [0.15, 0.2) is 24.3 Å². The van der Waals surface area contributed by atoms with Crippen molar-refractivity contribution in [3.8, 4) is 0 Å². The van der Waals surface area contributed by atoms with Gasteiger partial charge >= 0.3 is 11.9 Å². The maximum atomic E-state index is 10.3. The lowest BCUT2D eigenvalue weighted by Gasteiger charge is -1.99. The van der Waals surface area contributed by atoms with Crippen LogP contribution in [0, 0.1) is 6.92 Å². The normalized spacial score (nSPS) is 9.53. The lowest BCUT2D eigenvalue weighted by Crippen LogP contribution is -2.09. The van der Waals surface area contributed by atoms with E-state index in [9.17, 15) is 9.59 Å². The fourth-order valence-corrected chi connectivity index (χ4v) is 1.34. The monoisotopic (exact) mass is 306 g/mol. The van der Waals surface area contributed by atoms with E-state index < -0.39 is 23.2 Å². The Morgan fingerprint density at radius 3 is 2.16 bits per heavy atom. The molecule has 0 unspecified atom stereocenters. The van der Waals surface area contributed by atoms with E-state index in [0.717, 1.165) is 5.56 Å². The topological polar surface area (TPSA) is 63.6 Å². The average Bonchev–Trinajstić information content (AvgIpc) is 2.29. The second kappa shape index (κ2) is 9.64. The summed E-state index contributed by atoms with van der Waals surface area (Å²) in [7, 11) is 0. The largest absolute Gasteiger partial charge is 0.481 e. The molecule has 1 rings (SSSR count). The first-order valence-corrected chi connectivity index (χ1v) is 6.46. The van der Waals surface area contributed by atoms with Crippen molar-refractivity contribution in [1.82, 2.24) is 0 Å². The second-order valence-corrected chi connectivity index (χ2v) is 4.68. The van der Waals surface area contributed by atoms with E-state index in [4.69, 9.17) is 28.3 Å². The third kappa shape index (κ3) is 9.33. The minimum absolute atomic E-state index is 0.228. The number of rotatable bonds is 4. The molecule has 0 saturated carbocycles. The number of aryl methyl sites for hydroxylation is 1. The van der Waals surface area contributed by atoms with Crippen molar-refractivity contribution in [3.05, 3.63) is 35.4 Å². The number of carbonyl (C=O) groups excluding carboxylic acids is 1. The Balaban J connectivity index is 0.000000344. The lowest BCUT2D eigenvalue weighted by atomic mass is 10.2. The van der Waals surface area contributed by atoms with Gasteiger partial charge in [-0.3, -0.25) is 9.59 Å². The maximum absolute atomic E-state index is 10.3. The molecule has 1 aromatic rings. The molecule has 0 radical (unpaired) electrons. The Morgan fingerprint density at radius 1 is 1.26 bits per heavy atom. The van der Waals surface area contributed by atoms with Crippen LogP contribution in [0.25, 0.3) is 0 Å². The van der Waals surface area contributed by atoms with Crippen LogP contribution in [-0.4, -0.2) is 23.7 Å². The van der Waals surface area contributed by atoms with E-state index in [0.29, 0.717) is 0 Å². The summed E-state index contributed by atoms with van der Waals surface area (Å²) in [6.07, 6.45) is -0.548. The molecule has 4 nitrogen and oxygen atoms in total. The number of carboxylic acid groups (broad SMARTS) is 1. The van der Waals surface area contributed by atoms with Gasteiger partial charge in [0.05, 0.1) is 6.61 Å². The van der Waals surface area contributed by atoms with Gasteiger partial charge in [-0.1, -0.05) is 29.8 Å². The van der Waals surface area contributed by atoms with Crippen molar-refractivity contribution in [3.63, 3.8) is 0 Å². The number of aliphatic carboxylic acids is 1. The molecule has 0 bridgehead atoms. The molecule has 0 aromatic heterocycles. The second-order valence-electron chi connectivity index (χ2n) is 3.59. The highest BCUT2D eigenvalue weighted by Crippen LogP contribution is 2.24. The standard InChI is InChI=1S/C8H8Cl2.C5H8O4/c1-6-2-4-7(5-3-6)8(9)10;1-2-9-5(8)3-4(6)7/h2-5,8H,1H3;2-3H2,1H3,(H,6,7). The van der Waals surface area contributed by atoms with Crippen molar-refractivity contribution in [1.29, 1.82) is 0 Å². The minimum atomic E-state index is -1.16. The summed E-state index contributed by atoms with van der Waals surface area (Å²) in [5, 5.41) is 8.01.